The van der Waals surface area contributed by atoms with Crippen LogP contribution in [-0.4, -0.2) is 7.11 Å². The molecule has 1 aromatic rings. The van der Waals surface area contributed by atoms with Crippen LogP contribution < -0.4 is 4.74 Å². The van der Waals surface area contributed by atoms with Gasteiger partial charge in [0.1, 0.15) is 5.75 Å². The lowest BCUT2D eigenvalue weighted by molar-refractivity contribution is 0.410. The number of rotatable bonds is 1. The topological polar surface area (TPSA) is 9.23 Å². The van der Waals surface area contributed by atoms with E-state index in [1.807, 2.05) is 0 Å². The van der Waals surface area contributed by atoms with Crippen molar-refractivity contribution in [2.24, 2.45) is 0 Å². The molecule has 1 nitrogen and oxygen atoms in total. The summed E-state index contributed by atoms with van der Waals surface area (Å²) in [6.07, 6.45) is 8.19. The van der Waals surface area contributed by atoms with Crippen LogP contribution in [0.4, 0.5) is 0 Å². The van der Waals surface area contributed by atoms with Crippen molar-refractivity contribution >= 4 is 0 Å². The Labute approximate surface area is 91.5 Å². The average molecular weight is 202 g/mol. The summed E-state index contributed by atoms with van der Waals surface area (Å²) in [5.41, 5.74) is 3.62. The van der Waals surface area contributed by atoms with E-state index < -0.39 is 0 Å². The van der Waals surface area contributed by atoms with Crippen LogP contribution in [-0.2, 0) is 11.8 Å². The van der Waals surface area contributed by atoms with Crippen molar-refractivity contribution < 1.29 is 4.74 Å². The van der Waals surface area contributed by atoms with Gasteiger partial charge < -0.3 is 4.74 Å². The number of hydrogen-bond donors (Lipinski definition) is 0. The molecule has 1 aromatic carbocycles. The van der Waals surface area contributed by atoms with E-state index >= 15 is 0 Å². The molecule has 0 bridgehead atoms. The lowest BCUT2D eigenvalue weighted by atomic mass is 9.80. The highest BCUT2D eigenvalue weighted by atomic mass is 16.5. The predicted octanol–water partition coefficient (Wildman–Crippen LogP) is 3.45. The zero-order valence-electron chi connectivity index (χ0n) is 9.38. The zero-order chi connectivity index (χ0) is 10.3. The Morgan fingerprint density at radius 1 is 1.13 bits per heavy atom. The van der Waals surface area contributed by atoms with Gasteiger partial charge in [-0.15, -0.1) is 0 Å². The van der Waals surface area contributed by atoms with Gasteiger partial charge in [-0.1, -0.05) is 25.0 Å². The van der Waals surface area contributed by atoms with E-state index in [4.69, 9.17) is 4.74 Å². The second-order valence-corrected chi connectivity index (χ2v) is 4.97. The molecule has 3 rings (SSSR count). The van der Waals surface area contributed by atoms with Gasteiger partial charge in [0.2, 0.25) is 0 Å². The van der Waals surface area contributed by atoms with Crippen LogP contribution in [0.15, 0.2) is 18.2 Å². The maximum Gasteiger partial charge on any atom is 0.122 e. The number of hydrogen-bond acceptors (Lipinski definition) is 1. The Morgan fingerprint density at radius 3 is 2.67 bits per heavy atom. The molecule has 0 radical (unpaired) electrons. The van der Waals surface area contributed by atoms with Crippen LogP contribution in [0.1, 0.15) is 43.2 Å². The maximum atomic E-state index is 5.46. The van der Waals surface area contributed by atoms with E-state index in [0.29, 0.717) is 5.41 Å². The number of ether oxygens (including phenoxy) is 1. The molecule has 0 aromatic heterocycles. The molecule has 0 N–H and O–H groups in total. The molecule has 2 aliphatic rings. The van der Waals surface area contributed by atoms with Gasteiger partial charge in [0.15, 0.2) is 0 Å². The Bertz CT molecular complexity index is 375. The fraction of sp³-hybridized carbons (Fsp3) is 0.571. The quantitative estimate of drug-likeness (QED) is 0.677. The molecular formula is C14H18O. The van der Waals surface area contributed by atoms with Crippen LogP contribution in [0.5, 0.6) is 5.75 Å². The number of benzene rings is 1. The fourth-order valence-corrected chi connectivity index (χ4v) is 3.58. The summed E-state index contributed by atoms with van der Waals surface area (Å²) in [5, 5.41) is 0. The second kappa shape index (κ2) is 3.26. The minimum absolute atomic E-state index is 0.532. The average Bonchev–Trinajstić information content (AvgIpc) is 2.89. The zero-order valence-corrected chi connectivity index (χ0v) is 9.38. The van der Waals surface area contributed by atoms with Crippen molar-refractivity contribution in [1.29, 1.82) is 0 Å². The van der Waals surface area contributed by atoms with Gasteiger partial charge in [0.05, 0.1) is 7.11 Å². The van der Waals surface area contributed by atoms with Gasteiger partial charge in [0.25, 0.3) is 0 Å². The van der Waals surface area contributed by atoms with Gasteiger partial charge in [-0.25, -0.2) is 0 Å². The minimum atomic E-state index is 0.532. The standard InChI is InChI=1S/C14H18O/c1-15-13-6-4-5-12-11(13)7-10-14(12)8-2-3-9-14/h4-6H,2-3,7-10H2,1H3. The number of methoxy groups -OCH3 is 1. The highest BCUT2D eigenvalue weighted by molar-refractivity contribution is 5.48. The molecule has 0 heterocycles. The summed E-state index contributed by atoms with van der Waals surface area (Å²) in [7, 11) is 1.79. The molecule has 1 heteroatoms. The van der Waals surface area contributed by atoms with Crippen LogP contribution in [0, 0.1) is 0 Å². The molecule has 80 valence electrons. The van der Waals surface area contributed by atoms with E-state index in [2.05, 4.69) is 18.2 Å². The highest BCUT2D eigenvalue weighted by Gasteiger charge is 2.41. The molecule has 1 fully saturated rings. The van der Waals surface area contributed by atoms with E-state index in [1.54, 1.807) is 12.7 Å². The smallest absolute Gasteiger partial charge is 0.122 e. The summed E-state index contributed by atoms with van der Waals surface area (Å²) in [4.78, 5) is 0. The molecular weight excluding hydrogens is 184 g/mol. The first-order valence-electron chi connectivity index (χ1n) is 6.02. The first-order chi connectivity index (χ1) is 7.36. The molecule has 0 aliphatic heterocycles. The van der Waals surface area contributed by atoms with Gasteiger partial charge >= 0.3 is 0 Å². The summed E-state index contributed by atoms with van der Waals surface area (Å²) >= 11 is 0. The van der Waals surface area contributed by atoms with Crippen LogP contribution in [0.2, 0.25) is 0 Å². The van der Waals surface area contributed by atoms with Crippen molar-refractivity contribution in [1.82, 2.24) is 0 Å². The minimum Gasteiger partial charge on any atom is -0.496 e. The molecule has 0 saturated heterocycles. The third-order valence-electron chi connectivity index (χ3n) is 4.34. The van der Waals surface area contributed by atoms with E-state index in [0.717, 1.165) is 5.75 Å². The molecule has 1 saturated carbocycles. The summed E-state index contributed by atoms with van der Waals surface area (Å²) < 4.78 is 5.46. The summed E-state index contributed by atoms with van der Waals surface area (Å²) in [6.45, 7) is 0. The van der Waals surface area contributed by atoms with Crippen molar-refractivity contribution in [2.75, 3.05) is 7.11 Å². The van der Waals surface area contributed by atoms with E-state index in [-0.39, 0.29) is 0 Å². The first-order valence-corrected chi connectivity index (χ1v) is 6.02. The lowest BCUT2D eigenvalue weighted by Crippen LogP contribution is -2.17. The SMILES string of the molecule is COc1cccc2c1CCC21CCCC1. The van der Waals surface area contributed by atoms with Gasteiger partial charge in [-0.05, 0) is 48.3 Å². The Hall–Kier alpha value is -0.980. The lowest BCUT2D eigenvalue weighted by Gasteiger charge is -2.24. The maximum absolute atomic E-state index is 5.46. The number of fused-ring (bicyclic) bond motifs is 2. The Balaban J connectivity index is 2.10. The largest absolute Gasteiger partial charge is 0.496 e. The van der Waals surface area contributed by atoms with E-state index in [9.17, 15) is 0 Å². The van der Waals surface area contributed by atoms with Crippen molar-refractivity contribution in [3.05, 3.63) is 29.3 Å². The molecule has 0 unspecified atom stereocenters. The Kier molecular flexibility index (Phi) is 2.01. The molecule has 2 aliphatic carbocycles. The van der Waals surface area contributed by atoms with Gasteiger partial charge in [-0.3, -0.25) is 0 Å². The third kappa shape index (κ3) is 1.22. The first kappa shape index (κ1) is 9.26. The summed E-state index contributed by atoms with van der Waals surface area (Å²) in [6, 6.07) is 6.59. The fourth-order valence-electron chi connectivity index (χ4n) is 3.58. The van der Waals surface area contributed by atoms with Crippen molar-refractivity contribution in [3.63, 3.8) is 0 Å². The van der Waals surface area contributed by atoms with Crippen LogP contribution >= 0.6 is 0 Å². The van der Waals surface area contributed by atoms with Crippen molar-refractivity contribution in [3.8, 4) is 5.75 Å². The van der Waals surface area contributed by atoms with Crippen LogP contribution in [0.3, 0.4) is 0 Å². The van der Waals surface area contributed by atoms with Gasteiger partial charge in [0, 0.05) is 0 Å². The molecule has 1 spiro atoms. The van der Waals surface area contributed by atoms with Crippen LogP contribution in [0.25, 0.3) is 0 Å². The highest BCUT2D eigenvalue weighted by Crippen LogP contribution is 2.51. The predicted molar refractivity (Wildman–Crippen MR) is 61.5 cm³/mol. The molecule has 15 heavy (non-hydrogen) atoms. The molecule has 0 atom stereocenters. The summed E-state index contributed by atoms with van der Waals surface area (Å²) in [5.74, 6) is 1.11. The van der Waals surface area contributed by atoms with Gasteiger partial charge in [-0.2, -0.15) is 0 Å². The van der Waals surface area contributed by atoms with E-state index in [1.165, 1.54) is 44.1 Å². The monoisotopic (exact) mass is 202 g/mol. The Morgan fingerprint density at radius 2 is 1.93 bits per heavy atom. The molecule has 0 amide bonds. The third-order valence-corrected chi connectivity index (χ3v) is 4.34. The second-order valence-electron chi connectivity index (χ2n) is 4.97. The van der Waals surface area contributed by atoms with Crippen molar-refractivity contribution in [2.45, 2.75) is 43.9 Å². The normalized spacial score (nSPS) is 21.9.